The Labute approximate surface area is 371 Å². The van der Waals surface area contributed by atoms with Crippen LogP contribution in [0.3, 0.4) is 0 Å². The molecule has 9 rings (SSSR count). The minimum Gasteiger partial charge on any atom is -0.495 e. The van der Waals surface area contributed by atoms with Gasteiger partial charge in [0.1, 0.15) is 17.3 Å². The van der Waals surface area contributed by atoms with Crippen LogP contribution in [-0.4, -0.2) is 110 Å². The number of hydrogen-bond acceptors (Lipinski definition) is 11. The molecule has 5 fully saturated rings. The molecule has 0 bridgehead atoms. The SMILES string of the molecule is COc1cc(C(=O)NC2CC3(CCN(CC4(C)CCN(c5ccc(C6CCC(=O)NC6=O)cc5F)CC4)CC3)C2)ccc1Nc1ncc2c(n1)N(C1CCCC1)CC(F)(F)C(=O)N2C. The van der Waals surface area contributed by atoms with E-state index in [0.29, 0.717) is 34.7 Å². The van der Waals surface area contributed by atoms with E-state index in [9.17, 15) is 19.2 Å². The number of methoxy groups -OCH3 is 1. The Kier molecular flexibility index (Phi) is 11.7. The highest BCUT2D eigenvalue weighted by atomic mass is 19.3. The molecule has 6 aliphatic rings. The van der Waals surface area contributed by atoms with Crippen LogP contribution in [0.25, 0.3) is 0 Å². The second-order valence-corrected chi connectivity index (χ2v) is 19.4. The third kappa shape index (κ3) is 8.71. The second-order valence-electron chi connectivity index (χ2n) is 19.4. The lowest BCUT2D eigenvalue weighted by Crippen LogP contribution is -2.56. The first-order chi connectivity index (χ1) is 30.6. The smallest absolute Gasteiger partial charge is 0.342 e. The first kappa shape index (κ1) is 43.8. The lowest BCUT2D eigenvalue weighted by Gasteiger charge is -2.53. The van der Waals surface area contributed by atoms with E-state index in [1.165, 1.54) is 26.4 Å². The predicted octanol–water partition coefficient (Wildman–Crippen LogP) is 6.53. The Hall–Kier alpha value is -5.45. The van der Waals surface area contributed by atoms with Gasteiger partial charge in [-0.05, 0) is 118 Å². The fraction of sp³-hybridized carbons (Fsp3) is 0.574. The maximum absolute atomic E-state index is 15.4. The topological polar surface area (TPSA) is 152 Å². The van der Waals surface area contributed by atoms with Gasteiger partial charge in [-0.3, -0.25) is 24.5 Å². The normalized spacial score (nSPS) is 23.6. The van der Waals surface area contributed by atoms with Crippen LogP contribution in [0.5, 0.6) is 5.75 Å². The molecule has 17 heteroatoms. The van der Waals surface area contributed by atoms with E-state index >= 15 is 13.2 Å². The van der Waals surface area contributed by atoms with Crippen LogP contribution in [0.1, 0.15) is 106 Å². The third-order valence-corrected chi connectivity index (χ3v) is 15.0. The average Bonchev–Trinajstić information content (AvgIpc) is 3.79. The van der Waals surface area contributed by atoms with E-state index in [1.54, 1.807) is 29.2 Å². The maximum Gasteiger partial charge on any atom is 0.342 e. The highest BCUT2D eigenvalue weighted by molar-refractivity contribution is 6.02. The predicted molar refractivity (Wildman–Crippen MR) is 236 cm³/mol. The minimum absolute atomic E-state index is 0.0800. The Balaban J connectivity index is 0.750. The number of carbonyl (C=O) groups excluding carboxylic acids is 4. The van der Waals surface area contributed by atoms with Gasteiger partial charge in [-0.25, -0.2) is 9.37 Å². The largest absolute Gasteiger partial charge is 0.495 e. The number of alkyl halides is 2. The van der Waals surface area contributed by atoms with Crippen molar-refractivity contribution >= 4 is 52.5 Å². The number of amides is 4. The molecule has 1 unspecified atom stereocenters. The lowest BCUT2D eigenvalue weighted by atomic mass is 9.60. The quantitative estimate of drug-likeness (QED) is 0.191. The van der Waals surface area contributed by atoms with Crippen molar-refractivity contribution in [1.29, 1.82) is 0 Å². The summed E-state index contributed by atoms with van der Waals surface area (Å²) < 4.78 is 51.2. The summed E-state index contributed by atoms with van der Waals surface area (Å²) in [5, 5.41) is 8.73. The van der Waals surface area contributed by atoms with Gasteiger partial charge in [0.15, 0.2) is 5.82 Å². The number of hydrogen-bond donors (Lipinski definition) is 3. The van der Waals surface area contributed by atoms with E-state index < -0.39 is 24.3 Å². The van der Waals surface area contributed by atoms with Gasteiger partial charge in [-0.2, -0.15) is 13.8 Å². The summed E-state index contributed by atoms with van der Waals surface area (Å²) in [6, 6.07) is 10.0. The standard InChI is InChI=1S/C47H58F3N9O5/c1-45(14-20-58(21-15-45)36-12-9-29(22-34(36)48)33-10-13-39(60)54-42(33)62)27-57-18-16-46(17-19-57)24-31(25-46)52-41(61)30-8-11-35(38(23-30)64-3)53-44-51-26-37-40(55-44)59(32-6-4-5-7-32)28-47(49,50)43(63)56(37)2/h8-9,11-12,22-23,26,31-33H,4-7,10,13-21,24-25,27-28H2,1-3H3,(H,52,61)(H,51,53,55)(H,54,60,62). The maximum atomic E-state index is 15.4. The van der Waals surface area contributed by atoms with Crippen LogP contribution in [0.15, 0.2) is 42.6 Å². The second kappa shape index (κ2) is 17.2. The number of ether oxygens (including phenoxy) is 1. The number of likely N-dealkylation sites (tertiary alicyclic amines) is 1. The number of nitrogens with one attached hydrogen (secondary N) is 3. The Morgan fingerprint density at radius 1 is 0.953 bits per heavy atom. The number of aromatic nitrogens is 2. The monoisotopic (exact) mass is 885 g/mol. The van der Waals surface area contributed by atoms with Crippen molar-refractivity contribution in [2.45, 2.75) is 108 Å². The molecular formula is C47H58F3N9O5. The molecule has 14 nitrogen and oxygen atoms in total. The van der Waals surface area contributed by atoms with E-state index in [4.69, 9.17) is 4.74 Å². The van der Waals surface area contributed by atoms with Gasteiger partial charge in [0, 0.05) is 50.7 Å². The number of rotatable bonds is 10. The van der Waals surface area contributed by atoms with Crippen LogP contribution in [0.2, 0.25) is 0 Å². The van der Waals surface area contributed by atoms with Gasteiger partial charge in [0.05, 0.1) is 37.1 Å². The van der Waals surface area contributed by atoms with Crippen molar-refractivity contribution in [3.63, 3.8) is 0 Å². The van der Waals surface area contributed by atoms with Crippen LogP contribution in [-0.2, 0) is 14.4 Å². The summed E-state index contributed by atoms with van der Waals surface area (Å²) in [6.07, 6.45) is 11.3. The number of nitrogens with zero attached hydrogens (tertiary/aromatic N) is 6. The van der Waals surface area contributed by atoms with E-state index in [2.05, 4.69) is 42.6 Å². The summed E-state index contributed by atoms with van der Waals surface area (Å²) in [7, 11) is 2.82. The molecule has 64 heavy (non-hydrogen) atoms. The molecule has 3 N–H and O–H groups in total. The Morgan fingerprint density at radius 2 is 1.69 bits per heavy atom. The molecule has 4 amide bonds. The number of halogens is 3. The zero-order valence-corrected chi connectivity index (χ0v) is 36.9. The molecule has 1 aromatic heterocycles. The molecule has 2 saturated carbocycles. The first-order valence-corrected chi connectivity index (χ1v) is 22.8. The Morgan fingerprint density at radius 3 is 2.38 bits per heavy atom. The van der Waals surface area contributed by atoms with Crippen LogP contribution >= 0.6 is 0 Å². The molecule has 5 heterocycles. The van der Waals surface area contributed by atoms with Gasteiger partial charge in [-0.15, -0.1) is 0 Å². The average molecular weight is 886 g/mol. The molecule has 3 saturated heterocycles. The zero-order valence-electron chi connectivity index (χ0n) is 36.9. The number of piperidine rings is 3. The third-order valence-electron chi connectivity index (χ3n) is 15.0. The van der Waals surface area contributed by atoms with Gasteiger partial charge < -0.3 is 35.0 Å². The molecule has 342 valence electrons. The minimum atomic E-state index is -3.58. The molecule has 4 aliphatic heterocycles. The van der Waals surface area contributed by atoms with Crippen molar-refractivity contribution in [1.82, 2.24) is 25.5 Å². The summed E-state index contributed by atoms with van der Waals surface area (Å²) in [6.45, 7) is 6.11. The highest BCUT2D eigenvalue weighted by Crippen LogP contribution is 2.50. The van der Waals surface area contributed by atoms with Crippen molar-refractivity contribution in [2.75, 3.05) is 73.4 Å². The summed E-state index contributed by atoms with van der Waals surface area (Å²) in [4.78, 5) is 66.3. The van der Waals surface area contributed by atoms with Gasteiger partial charge in [-0.1, -0.05) is 25.8 Å². The Bertz CT molecular complexity index is 2300. The van der Waals surface area contributed by atoms with E-state index in [0.717, 1.165) is 102 Å². The summed E-state index contributed by atoms with van der Waals surface area (Å²) in [5.74, 6) is -5.72. The van der Waals surface area contributed by atoms with Crippen molar-refractivity contribution in [2.24, 2.45) is 10.8 Å². The van der Waals surface area contributed by atoms with Crippen LogP contribution < -0.4 is 35.4 Å². The van der Waals surface area contributed by atoms with E-state index in [-0.39, 0.29) is 70.3 Å². The number of fused-ring (bicyclic) bond motifs is 1. The first-order valence-electron chi connectivity index (χ1n) is 22.8. The lowest BCUT2D eigenvalue weighted by molar-refractivity contribution is -0.140. The molecule has 2 aromatic carbocycles. The van der Waals surface area contributed by atoms with Crippen LogP contribution in [0.4, 0.5) is 42.0 Å². The number of benzene rings is 2. The van der Waals surface area contributed by atoms with Gasteiger partial charge in [0.25, 0.3) is 11.8 Å². The molecule has 2 aliphatic carbocycles. The fourth-order valence-corrected chi connectivity index (χ4v) is 11.1. The fourth-order valence-electron chi connectivity index (χ4n) is 11.1. The summed E-state index contributed by atoms with van der Waals surface area (Å²) >= 11 is 0. The molecular weight excluding hydrogens is 828 g/mol. The van der Waals surface area contributed by atoms with Crippen molar-refractivity contribution in [3.05, 3.63) is 59.5 Å². The molecule has 1 spiro atoms. The van der Waals surface area contributed by atoms with Crippen molar-refractivity contribution in [3.8, 4) is 5.75 Å². The zero-order chi connectivity index (χ0) is 45.0. The van der Waals surface area contributed by atoms with E-state index in [1.807, 2.05) is 6.07 Å². The van der Waals surface area contributed by atoms with Gasteiger partial charge >= 0.3 is 5.92 Å². The summed E-state index contributed by atoms with van der Waals surface area (Å²) in [5.41, 5.74) is 2.67. The highest BCUT2D eigenvalue weighted by Gasteiger charge is 2.49. The number of imide groups is 1. The number of anilines is 5. The molecule has 3 aromatic rings. The van der Waals surface area contributed by atoms with Gasteiger partial charge in [0.2, 0.25) is 17.8 Å². The van der Waals surface area contributed by atoms with Crippen molar-refractivity contribution < 1.29 is 37.1 Å². The molecule has 0 radical (unpaired) electrons. The van der Waals surface area contributed by atoms with Crippen LogP contribution in [0, 0.1) is 16.6 Å². The number of carbonyl (C=O) groups is 4. The molecule has 1 atom stereocenters.